The number of nitrogens with zero attached hydrogens (tertiary/aromatic N) is 1. The number of amides is 3. The maximum atomic E-state index is 12.5. The zero-order chi connectivity index (χ0) is 22.4. The molecule has 0 aromatic carbocycles. The molecule has 1 saturated heterocycles. The van der Waals surface area contributed by atoms with Gasteiger partial charge in [0.25, 0.3) is 5.91 Å². The fourth-order valence-electron chi connectivity index (χ4n) is 3.15. The average Bonchev–Trinajstić information content (AvgIpc) is 3.16. The second-order valence-corrected chi connectivity index (χ2v) is 7.22. The molecule has 1 aliphatic heterocycles. The van der Waals surface area contributed by atoms with Gasteiger partial charge in [0.1, 0.15) is 0 Å². The Kier molecular flexibility index (Phi) is 12.0. The van der Waals surface area contributed by atoms with Crippen LogP contribution >= 0.6 is 0 Å². The highest BCUT2D eigenvalue weighted by Gasteiger charge is 2.32. The van der Waals surface area contributed by atoms with Gasteiger partial charge in [0.05, 0.1) is 18.6 Å². The van der Waals surface area contributed by atoms with Crippen molar-refractivity contribution < 1.29 is 19.2 Å². The van der Waals surface area contributed by atoms with Crippen LogP contribution in [0.1, 0.15) is 39.0 Å². The molecule has 1 heterocycles. The summed E-state index contributed by atoms with van der Waals surface area (Å²) in [6.45, 7) is 6.41. The Morgan fingerprint density at radius 3 is 2.57 bits per heavy atom. The zero-order valence-corrected chi connectivity index (χ0v) is 18.0. The van der Waals surface area contributed by atoms with E-state index >= 15 is 0 Å². The van der Waals surface area contributed by atoms with E-state index in [4.69, 9.17) is 0 Å². The number of nitrogens with one attached hydrogen (secondary N) is 3. The number of Topliss-reactive ketones (excluding diaryl/α,β-unsaturated/α-hetero) is 1. The van der Waals surface area contributed by atoms with Crippen LogP contribution in [0.5, 0.6) is 0 Å². The number of likely N-dealkylation sites (tertiary alicyclic amines) is 1. The number of ketones is 1. The third-order valence-corrected chi connectivity index (χ3v) is 4.79. The number of hydrogen-bond acceptors (Lipinski definition) is 5. The van der Waals surface area contributed by atoms with Crippen LogP contribution in [0.4, 0.5) is 0 Å². The fourth-order valence-corrected chi connectivity index (χ4v) is 3.15. The van der Waals surface area contributed by atoms with Gasteiger partial charge in [0, 0.05) is 6.54 Å². The molecule has 0 aliphatic carbocycles. The molecule has 3 amide bonds. The molecule has 8 nitrogen and oxygen atoms in total. The van der Waals surface area contributed by atoms with Crippen LogP contribution in [0.15, 0.2) is 37.0 Å². The molecule has 1 fully saturated rings. The van der Waals surface area contributed by atoms with Gasteiger partial charge in [-0.3, -0.25) is 24.1 Å². The highest BCUT2D eigenvalue weighted by atomic mass is 16.2. The largest absolute Gasteiger partial charge is 0.354 e. The second kappa shape index (κ2) is 14.3. The van der Waals surface area contributed by atoms with E-state index < -0.39 is 17.7 Å². The summed E-state index contributed by atoms with van der Waals surface area (Å²) in [5.41, 5.74) is 0. The molecule has 2 atom stereocenters. The summed E-state index contributed by atoms with van der Waals surface area (Å²) in [5.74, 6) is -2.20. The summed E-state index contributed by atoms with van der Waals surface area (Å²) < 4.78 is 0. The first-order chi connectivity index (χ1) is 14.4. The van der Waals surface area contributed by atoms with E-state index in [0.29, 0.717) is 25.8 Å². The molecule has 2 unspecified atom stereocenters. The number of carbonyl (C=O) groups excluding carboxylic acids is 4. The van der Waals surface area contributed by atoms with E-state index in [1.165, 1.54) is 0 Å². The minimum absolute atomic E-state index is 0.233. The van der Waals surface area contributed by atoms with Crippen LogP contribution < -0.4 is 16.0 Å². The molecular formula is C22H34N4O4. The standard InChI is InChI=1S/C22H34N4O4/c1-4-6-7-8-9-10-14-23-19(27)16-24-22(30)20(28)17(12-5-2)25-21(29)18-13-11-15-26(18)3/h4,6-9,17-18H,1,5,10-16H2,2-3H3,(H,23,27)(H,24,30)(H,25,29)/b7-6-,9-8-. The van der Waals surface area contributed by atoms with Gasteiger partial charge in [0.15, 0.2) is 0 Å². The second-order valence-electron chi connectivity index (χ2n) is 7.22. The van der Waals surface area contributed by atoms with E-state index in [1.807, 2.05) is 37.1 Å². The molecule has 1 rings (SSSR count). The van der Waals surface area contributed by atoms with Crippen molar-refractivity contribution in [1.82, 2.24) is 20.9 Å². The van der Waals surface area contributed by atoms with Crippen molar-refractivity contribution in [3.63, 3.8) is 0 Å². The topological polar surface area (TPSA) is 108 Å². The molecule has 166 valence electrons. The SMILES string of the molecule is C=C/C=C\C=C/CCNC(=O)CNC(=O)C(=O)C(CCC)NC(=O)C1CCCN1C. The molecule has 3 N–H and O–H groups in total. The maximum absolute atomic E-state index is 12.5. The lowest BCUT2D eigenvalue weighted by atomic mass is 10.1. The highest BCUT2D eigenvalue weighted by Crippen LogP contribution is 2.15. The molecule has 8 heteroatoms. The first-order valence-electron chi connectivity index (χ1n) is 10.4. The molecular weight excluding hydrogens is 384 g/mol. The van der Waals surface area contributed by atoms with Gasteiger partial charge in [-0.25, -0.2) is 0 Å². The van der Waals surface area contributed by atoms with E-state index in [2.05, 4.69) is 22.5 Å². The van der Waals surface area contributed by atoms with Crippen molar-refractivity contribution >= 4 is 23.5 Å². The van der Waals surface area contributed by atoms with Crippen LogP contribution in [0.2, 0.25) is 0 Å². The van der Waals surface area contributed by atoms with E-state index in [1.54, 1.807) is 12.2 Å². The Labute approximate surface area is 178 Å². The Balaban J connectivity index is 2.41. The smallest absolute Gasteiger partial charge is 0.290 e. The molecule has 1 aliphatic rings. The molecule has 30 heavy (non-hydrogen) atoms. The first-order valence-corrected chi connectivity index (χ1v) is 10.4. The van der Waals surface area contributed by atoms with Crippen molar-refractivity contribution in [1.29, 1.82) is 0 Å². The van der Waals surface area contributed by atoms with E-state index in [-0.39, 0.29) is 24.4 Å². The molecule has 0 aromatic rings. The summed E-state index contributed by atoms with van der Waals surface area (Å²) in [6.07, 6.45) is 12.3. The van der Waals surface area contributed by atoms with Crippen LogP contribution in [0, 0.1) is 0 Å². The summed E-state index contributed by atoms with van der Waals surface area (Å²) in [6, 6.07) is -1.15. The normalized spacial score (nSPS) is 17.7. The molecule has 0 bridgehead atoms. The highest BCUT2D eigenvalue weighted by molar-refractivity contribution is 6.38. The van der Waals surface area contributed by atoms with Crippen molar-refractivity contribution in [3.05, 3.63) is 37.0 Å². The lowest BCUT2D eigenvalue weighted by Gasteiger charge is -2.22. The predicted octanol–water partition coefficient (Wildman–Crippen LogP) is 0.856. The minimum atomic E-state index is -0.881. The lowest BCUT2D eigenvalue weighted by molar-refractivity contribution is -0.141. The summed E-state index contributed by atoms with van der Waals surface area (Å²) >= 11 is 0. The Bertz CT molecular complexity index is 672. The van der Waals surface area contributed by atoms with Crippen molar-refractivity contribution in [2.24, 2.45) is 0 Å². The van der Waals surface area contributed by atoms with Gasteiger partial charge >= 0.3 is 0 Å². The zero-order valence-electron chi connectivity index (χ0n) is 18.0. The summed E-state index contributed by atoms with van der Waals surface area (Å²) in [7, 11) is 1.87. The number of hydrogen-bond donors (Lipinski definition) is 3. The third-order valence-electron chi connectivity index (χ3n) is 4.79. The average molecular weight is 419 g/mol. The first kappa shape index (κ1) is 25.3. The minimum Gasteiger partial charge on any atom is -0.354 e. The van der Waals surface area contributed by atoms with E-state index in [9.17, 15) is 19.2 Å². The van der Waals surface area contributed by atoms with Gasteiger partial charge in [-0.15, -0.1) is 0 Å². The Morgan fingerprint density at radius 2 is 1.93 bits per heavy atom. The van der Waals surface area contributed by atoms with E-state index in [0.717, 1.165) is 19.4 Å². The molecule has 0 aromatic heterocycles. The maximum Gasteiger partial charge on any atom is 0.290 e. The molecule has 0 radical (unpaired) electrons. The van der Waals surface area contributed by atoms with Crippen molar-refractivity contribution in [2.45, 2.75) is 51.1 Å². The van der Waals surface area contributed by atoms with Crippen LogP contribution in [0.25, 0.3) is 0 Å². The molecule has 0 saturated carbocycles. The molecule has 0 spiro atoms. The number of allylic oxidation sites excluding steroid dienone is 4. The van der Waals surface area contributed by atoms with Gasteiger partial charge in [0.2, 0.25) is 17.6 Å². The summed E-state index contributed by atoms with van der Waals surface area (Å²) in [5, 5.41) is 7.71. The van der Waals surface area contributed by atoms with Gasteiger partial charge in [-0.1, -0.05) is 50.3 Å². The quantitative estimate of drug-likeness (QED) is 0.234. The fraction of sp³-hybridized carbons (Fsp3) is 0.545. The summed E-state index contributed by atoms with van der Waals surface area (Å²) in [4.78, 5) is 50.9. The Hall–Kier alpha value is -2.74. The monoisotopic (exact) mass is 418 g/mol. The van der Waals surface area contributed by atoms with Gasteiger partial charge in [-0.05, 0) is 39.3 Å². The van der Waals surface area contributed by atoms with Crippen molar-refractivity contribution in [3.8, 4) is 0 Å². The predicted molar refractivity (Wildman–Crippen MR) is 117 cm³/mol. The van der Waals surface area contributed by atoms with Crippen LogP contribution in [-0.2, 0) is 19.2 Å². The van der Waals surface area contributed by atoms with Gasteiger partial charge < -0.3 is 16.0 Å². The number of likely N-dealkylation sites (N-methyl/N-ethyl adjacent to an activating group) is 1. The third kappa shape index (κ3) is 9.17. The lowest BCUT2D eigenvalue weighted by Crippen LogP contribution is -2.52. The Morgan fingerprint density at radius 1 is 1.17 bits per heavy atom. The van der Waals surface area contributed by atoms with Gasteiger partial charge in [-0.2, -0.15) is 0 Å². The van der Waals surface area contributed by atoms with Crippen LogP contribution in [-0.4, -0.2) is 67.2 Å². The van der Waals surface area contributed by atoms with Crippen molar-refractivity contribution in [2.75, 3.05) is 26.7 Å². The van der Waals surface area contributed by atoms with Crippen LogP contribution in [0.3, 0.4) is 0 Å². The number of rotatable bonds is 13. The number of carbonyl (C=O) groups is 4.